The highest BCUT2D eigenvalue weighted by atomic mass is 32.1. The lowest BCUT2D eigenvalue weighted by Crippen LogP contribution is -2.04. The highest BCUT2D eigenvalue weighted by Gasteiger charge is 2.21. The van der Waals surface area contributed by atoms with E-state index >= 15 is 0 Å². The summed E-state index contributed by atoms with van der Waals surface area (Å²) in [7, 11) is 0. The van der Waals surface area contributed by atoms with E-state index < -0.39 is 0 Å². The van der Waals surface area contributed by atoms with Crippen molar-refractivity contribution in [1.29, 1.82) is 0 Å². The molecule has 0 aliphatic rings. The summed E-state index contributed by atoms with van der Waals surface area (Å²) in [5.74, 6) is 1.85. The van der Waals surface area contributed by atoms with Gasteiger partial charge in [-0.3, -0.25) is 0 Å². The quantitative estimate of drug-likeness (QED) is 0.169. The van der Waals surface area contributed by atoms with Crippen LogP contribution in [0, 0.1) is 0 Å². The van der Waals surface area contributed by atoms with Crippen molar-refractivity contribution in [2.75, 3.05) is 0 Å². The molecule has 0 fully saturated rings. The van der Waals surface area contributed by atoms with Crippen LogP contribution in [0.2, 0.25) is 0 Å². The largest absolute Gasteiger partial charge is 0.308 e. The maximum absolute atomic E-state index is 5.37. The fourth-order valence-corrected chi connectivity index (χ4v) is 9.80. The molecule has 12 rings (SSSR count). The summed E-state index contributed by atoms with van der Waals surface area (Å²) in [6.07, 6.45) is 0. The molecule has 0 unspecified atom stereocenters. The van der Waals surface area contributed by atoms with Crippen molar-refractivity contribution in [3.8, 4) is 62.1 Å². The number of hydrogen-bond acceptors (Lipinski definition) is 4. The molecule has 0 atom stereocenters. The Morgan fingerprint density at radius 1 is 0.317 bits per heavy atom. The molecule has 0 amide bonds. The molecule has 4 nitrogen and oxygen atoms in total. The molecular weight excluding hydrogens is 749 g/mol. The summed E-state index contributed by atoms with van der Waals surface area (Å²) >= 11 is 1.84. The molecule has 0 aliphatic heterocycles. The molecule has 5 heteroatoms. The average molecular weight is 783 g/mol. The van der Waals surface area contributed by atoms with Gasteiger partial charge in [-0.2, -0.15) is 0 Å². The predicted octanol–water partition coefficient (Wildman–Crippen LogP) is 14.8. The van der Waals surface area contributed by atoms with Gasteiger partial charge in [-0.15, -0.1) is 11.3 Å². The maximum atomic E-state index is 5.37. The van der Waals surface area contributed by atoms with E-state index in [2.05, 4.69) is 193 Å². The highest BCUT2D eigenvalue weighted by molar-refractivity contribution is 7.25. The smallest absolute Gasteiger partial charge is 0.166 e. The predicted molar refractivity (Wildman–Crippen MR) is 252 cm³/mol. The second kappa shape index (κ2) is 14.0. The molecule has 0 N–H and O–H groups in total. The highest BCUT2D eigenvalue weighted by Crippen LogP contribution is 2.41. The van der Waals surface area contributed by atoms with Crippen molar-refractivity contribution in [2.45, 2.75) is 0 Å². The van der Waals surface area contributed by atoms with Crippen LogP contribution in [0.4, 0.5) is 0 Å². The number of aromatic nitrogens is 4. The molecule has 0 saturated heterocycles. The standard InChI is InChI=1S/C55H34N4S/c1-3-14-35(15-4-1)41-26-28-45(49(34-41)59-48-24-11-9-22-43(48)46-31-38-18-7-8-19-39(38)33-50(46)59)55-57-53(36-16-5-2-6-17-36)56-54(58-55)42-21-13-20-37(30-42)40-27-29-52-47(32-40)44-23-10-12-25-51(44)60-52/h1-34H. The van der Waals surface area contributed by atoms with Crippen LogP contribution in [0.5, 0.6) is 0 Å². The molecule has 3 aromatic heterocycles. The SMILES string of the molecule is c1ccc(-c2ccc(-c3nc(-c4ccccc4)nc(-c4cccc(-c5ccc6sc7ccccc7c6c5)c4)n3)c(-n3c4ccccc4c4cc5ccccc5cc43)c2)cc1. The fraction of sp³-hybridized carbons (Fsp3) is 0. The Kier molecular flexibility index (Phi) is 8.00. The first-order chi connectivity index (χ1) is 29.7. The lowest BCUT2D eigenvalue weighted by molar-refractivity contribution is 1.06. The summed E-state index contributed by atoms with van der Waals surface area (Å²) in [6, 6.07) is 73.4. The lowest BCUT2D eigenvalue weighted by atomic mass is 10.00. The molecule has 60 heavy (non-hydrogen) atoms. The molecule has 0 bridgehead atoms. The van der Waals surface area contributed by atoms with Gasteiger partial charge < -0.3 is 4.57 Å². The van der Waals surface area contributed by atoms with Gasteiger partial charge in [0.1, 0.15) is 0 Å². The molecule has 9 aromatic carbocycles. The summed E-state index contributed by atoms with van der Waals surface area (Å²) in [5, 5.41) is 7.36. The number of hydrogen-bond donors (Lipinski definition) is 0. The van der Waals surface area contributed by atoms with Gasteiger partial charge in [0.2, 0.25) is 0 Å². The number of nitrogens with zero attached hydrogens (tertiary/aromatic N) is 4. The van der Waals surface area contributed by atoms with Gasteiger partial charge >= 0.3 is 0 Å². The zero-order chi connectivity index (χ0) is 39.6. The van der Waals surface area contributed by atoms with E-state index in [0.29, 0.717) is 17.5 Å². The van der Waals surface area contributed by atoms with Crippen LogP contribution in [0.1, 0.15) is 0 Å². The fourth-order valence-electron chi connectivity index (χ4n) is 8.72. The minimum atomic E-state index is 0.608. The number of benzene rings is 9. The monoisotopic (exact) mass is 782 g/mol. The van der Waals surface area contributed by atoms with Crippen LogP contribution < -0.4 is 0 Å². The van der Waals surface area contributed by atoms with Gasteiger partial charge in [-0.1, -0.05) is 152 Å². The van der Waals surface area contributed by atoms with Gasteiger partial charge in [0.05, 0.1) is 16.7 Å². The van der Waals surface area contributed by atoms with E-state index in [-0.39, 0.29) is 0 Å². The third-order valence-corrected chi connectivity index (χ3v) is 12.8. The van der Waals surface area contributed by atoms with E-state index in [1.807, 2.05) is 29.5 Å². The van der Waals surface area contributed by atoms with E-state index in [0.717, 1.165) is 55.7 Å². The molecule has 280 valence electrons. The van der Waals surface area contributed by atoms with Crippen LogP contribution in [0.25, 0.3) is 115 Å². The summed E-state index contributed by atoms with van der Waals surface area (Å²) in [4.78, 5) is 15.8. The third-order valence-electron chi connectivity index (χ3n) is 11.6. The summed E-state index contributed by atoms with van der Waals surface area (Å²) < 4.78 is 4.99. The lowest BCUT2D eigenvalue weighted by Gasteiger charge is -2.17. The first-order valence-electron chi connectivity index (χ1n) is 20.2. The zero-order valence-electron chi connectivity index (χ0n) is 32.3. The van der Waals surface area contributed by atoms with E-state index in [1.165, 1.54) is 41.7 Å². The Bertz CT molecular complexity index is 3610. The molecule has 0 aliphatic carbocycles. The molecule has 12 aromatic rings. The van der Waals surface area contributed by atoms with E-state index in [4.69, 9.17) is 15.0 Å². The zero-order valence-corrected chi connectivity index (χ0v) is 33.1. The molecule has 0 saturated carbocycles. The normalized spacial score (nSPS) is 11.7. The van der Waals surface area contributed by atoms with Gasteiger partial charge in [-0.05, 0) is 87.6 Å². The van der Waals surface area contributed by atoms with E-state index in [9.17, 15) is 0 Å². The first kappa shape index (κ1) is 34.3. The number of thiophene rings is 1. The minimum absolute atomic E-state index is 0.608. The van der Waals surface area contributed by atoms with Gasteiger partial charge in [0.15, 0.2) is 17.5 Å². The number of fused-ring (bicyclic) bond motifs is 7. The first-order valence-corrected chi connectivity index (χ1v) is 21.0. The maximum Gasteiger partial charge on any atom is 0.166 e. The number of para-hydroxylation sites is 1. The Morgan fingerprint density at radius 2 is 0.900 bits per heavy atom. The van der Waals surface area contributed by atoms with Gasteiger partial charge in [-0.25, -0.2) is 15.0 Å². The Labute approximate surface area is 350 Å². The van der Waals surface area contributed by atoms with Crippen LogP contribution in [0.3, 0.4) is 0 Å². The second-order valence-corrected chi connectivity index (χ2v) is 16.3. The van der Waals surface area contributed by atoms with Crippen LogP contribution >= 0.6 is 11.3 Å². The number of rotatable bonds is 6. The van der Waals surface area contributed by atoms with Crippen LogP contribution in [0.15, 0.2) is 206 Å². The minimum Gasteiger partial charge on any atom is -0.308 e. The molecular formula is C55H34N4S. The van der Waals surface area contributed by atoms with Crippen molar-refractivity contribution in [3.63, 3.8) is 0 Å². The Hall–Kier alpha value is -7.73. The van der Waals surface area contributed by atoms with Gasteiger partial charge in [0, 0.05) is 47.6 Å². The second-order valence-electron chi connectivity index (χ2n) is 15.2. The molecule has 0 spiro atoms. The molecule has 3 heterocycles. The average Bonchev–Trinajstić information content (AvgIpc) is 3.86. The topological polar surface area (TPSA) is 43.6 Å². The Balaban J connectivity index is 1.09. The van der Waals surface area contributed by atoms with Crippen molar-refractivity contribution in [2.24, 2.45) is 0 Å². The van der Waals surface area contributed by atoms with Crippen molar-refractivity contribution >= 4 is 64.1 Å². The van der Waals surface area contributed by atoms with Crippen molar-refractivity contribution in [3.05, 3.63) is 206 Å². The van der Waals surface area contributed by atoms with Gasteiger partial charge in [0.25, 0.3) is 0 Å². The summed E-state index contributed by atoms with van der Waals surface area (Å²) in [6.45, 7) is 0. The Morgan fingerprint density at radius 3 is 1.73 bits per heavy atom. The third kappa shape index (κ3) is 5.78. The van der Waals surface area contributed by atoms with Crippen molar-refractivity contribution < 1.29 is 0 Å². The van der Waals surface area contributed by atoms with E-state index in [1.54, 1.807) is 0 Å². The summed E-state index contributed by atoms with van der Waals surface area (Å²) in [5.41, 5.74) is 10.5. The van der Waals surface area contributed by atoms with Crippen molar-refractivity contribution in [1.82, 2.24) is 19.5 Å². The van der Waals surface area contributed by atoms with Crippen LogP contribution in [-0.2, 0) is 0 Å². The molecule has 0 radical (unpaired) electrons. The van der Waals surface area contributed by atoms with Crippen LogP contribution in [-0.4, -0.2) is 19.5 Å².